The molecule has 354 valence electrons. The largest absolute Gasteiger partial charge is 0.480 e. The van der Waals surface area contributed by atoms with E-state index in [2.05, 4.69) is 35.9 Å². The van der Waals surface area contributed by atoms with Gasteiger partial charge in [0.15, 0.2) is 0 Å². The number of hydrogen-bond donors (Lipinski definition) is 3. The molecule has 0 radical (unpaired) electrons. The Morgan fingerprint density at radius 3 is 1.24 bits per heavy atom. The number of hydrogen-bond acceptors (Lipinski definition) is 11. The lowest BCUT2D eigenvalue weighted by molar-refractivity contribution is -0.148. The maximum atomic E-state index is 12.7. The fourth-order valence-corrected chi connectivity index (χ4v) is 7.83. The molecule has 67 heavy (non-hydrogen) atoms. The summed E-state index contributed by atoms with van der Waals surface area (Å²) in [6.07, 6.45) is 0.215. The first-order chi connectivity index (χ1) is 32.1. The summed E-state index contributed by atoms with van der Waals surface area (Å²) in [5.41, 5.74) is 5.72. The van der Waals surface area contributed by atoms with E-state index in [0.29, 0.717) is 0 Å². The lowest BCUT2D eigenvalue weighted by Crippen LogP contribution is -2.54. The van der Waals surface area contributed by atoms with E-state index in [4.69, 9.17) is 23.7 Å². The summed E-state index contributed by atoms with van der Waals surface area (Å²) in [5.74, 6) is -2.11. The highest BCUT2D eigenvalue weighted by molar-refractivity contribution is 5.86. The number of carbonyl (C=O) groups excluding carboxylic acids is 5. The van der Waals surface area contributed by atoms with Gasteiger partial charge in [0.25, 0.3) is 0 Å². The fourth-order valence-electron chi connectivity index (χ4n) is 7.83. The van der Waals surface area contributed by atoms with Crippen molar-refractivity contribution in [3.05, 3.63) is 145 Å². The molecule has 0 saturated carbocycles. The van der Waals surface area contributed by atoms with Crippen molar-refractivity contribution in [1.82, 2.24) is 20.4 Å². The van der Waals surface area contributed by atoms with Crippen LogP contribution in [0.25, 0.3) is 22.3 Å². The Morgan fingerprint density at radius 1 is 0.582 bits per heavy atom. The number of nitrogens with one attached hydrogen (secondary N) is 2. The number of alkyl carbamates (subject to hydrolysis) is 2. The average molecular weight is 919 g/mol. The highest BCUT2D eigenvalue weighted by Gasteiger charge is 2.39. The van der Waals surface area contributed by atoms with Crippen LogP contribution in [0, 0.1) is 0 Å². The van der Waals surface area contributed by atoms with Crippen molar-refractivity contribution in [2.75, 3.05) is 60.7 Å². The van der Waals surface area contributed by atoms with Crippen molar-refractivity contribution in [3.63, 3.8) is 0 Å². The second-order valence-electron chi connectivity index (χ2n) is 16.4. The van der Waals surface area contributed by atoms with Crippen LogP contribution in [0.3, 0.4) is 0 Å². The Hall–Kier alpha value is -7.62. The topological polar surface area (TPSA) is 199 Å². The van der Waals surface area contributed by atoms with Crippen LogP contribution in [0.4, 0.5) is 19.2 Å². The highest BCUT2D eigenvalue weighted by Crippen LogP contribution is 2.45. The molecule has 2 aliphatic rings. The van der Waals surface area contributed by atoms with E-state index in [-0.39, 0.29) is 64.2 Å². The molecule has 0 spiro atoms. The Morgan fingerprint density at radius 2 is 0.910 bits per heavy atom. The van der Waals surface area contributed by atoms with Gasteiger partial charge in [0.2, 0.25) is 0 Å². The third kappa shape index (κ3) is 12.4. The van der Waals surface area contributed by atoms with Crippen molar-refractivity contribution in [2.45, 2.75) is 49.6 Å². The Kier molecular flexibility index (Phi) is 17.3. The van der Waals surface area contributed by atoms with Gasteiger partial charge in [-0.2, -0.15) is 0 Å². The molecule has 2 atom stereocenters. The Balaban J connectivity index is 0.000000251. The second-order valence-corrected chi connectivity index (χ2v) is 16.4. The van der Waals surface area contributed by atoms with E-state index in [0.717, 1.165) is 44.5 Å². The van der Waals surface area contributed by atoms with Gasteiger partial charge in [0.05, 0.1) is 7.11 Å². The number of amides is 4. The number of rotatable bonds is 18. The summed E-state index contributed by atoms with van der Waals surface area (Å²) in [4.78, 5) is 76.0. The molecule has 6 rings (SSSR count). The average Bonchev–Trinajstić information content (AvgIpc) is 3.83. The molecule has 0 aliphatic heterocycles. The first-order valence-electron chi connectivity index (χ1n) is 21.6. The van der Waals surface area contributed by atoms with Gasteiger partial charge >= 0.3 is 36.3 Å². The van der Waals surface area contributed by atoms with Crippen LogP contribution < -0.4 is 10.6 Å². The van der Waals surface area contributed by atoms with E-state index in [1.807, 2.05) is 84.9 Å². The zero-order valence-electron chi connectivity index (χ0n) is 38.5. The maximum Gasteiger partial charge on any atom is 0.409 e. The minimum absolute atomic E-state index is 0.0355. The van der Waals surface area contributed by atoms with E-state index in [9.17, 15) is 33.9 Å². The van der Waals surface area contributed by atoms with Crippen molar-refractivity contribution in [1.29, 1.82) is 0 Å². The van der Waals surface area contributed by atoms with Gasteiger partial charge in [-0.3, -0.25) is 0 Å². The third-order valence-electron chi connectivity index (χ3n) is 11.7. The summed E-state index contributed by atoms with van der Waals surface area (Å²) in [6.45, 7) is 10.4. The Bertz CT molecular complexity index is 2370. The van der Waals surface area contributed by atoms with Gasteiger partial charge in [0, 0.05) is 39.0 Å². The van der Waals surface area contributed by atoms with Crippen LogP contribution in [-0.2, 0) is 33.3 Å². The van der Waals surface area contributed by atoms with E-state index in [1.165, 1.54) is 57.0 Å². The molecular weight excluding hydrogens is 861 g/mol. The standard InChI is InChI=1S/C26H30N2O6.C25H28N2O6/c1-5-16-33-25(31)28(3)15-14-26(2,23(29)32-4)27-24(30)34-17-22-20-12-8-6-10-18(20)19-11-7-9-13-21(19)22;1-4-15-32-24(31)27(3)14-13-25(2,22(28)29)26-23(30)33-16-21-19-11-7-5-9-17(19)18-10-6-8-12-20(18)21/h5-13,22H,1,14-17H2,2-4H3,(H,27,30);4-12,21H,1,13-16H2,2-3H3,(H,26,30)(H,28,29)/t26-;25-/m00/s1. The van der Waals surface area contributed by atoms with Crippen molar-refractivity contribution < 1.29 is 57.6 Å². The molecule has 0 fully saturated rings. The number of aliphatic carboxylic acids is 1. The molecule has 2 aliphatic carbocycles. The van der Waals surface area contributed by atoms with Gasteiger partial charge < -0.3 is 49.2 Å². The molecule has 4 aromatic rings. The number of benzene rings is 4. The first kappa shape index (κ1) is 50.4. The monoisotopic (exact) mass is 918 g/mol. The number of esters is 1. The zero-order chi connectivity index (χ0) is 48.7. The number of carboxylic acids is 1. The number of nitrogens with zero attached hydrogens (tertiary/aromatic N) is 2. The van der Waals surface area contributed by atoms with Gasteiger partial charge in [-0.05, 0) is 71.2 Å². The number of carboxylic acid groups (broad SMARTS) is 1. The summed E-state index contributed by atoms with van der Waals surface area (Å²) >= 11 is 0. The van der Waals surface area contributed by atoms with Crippen LogP contribution in [0.5, 0.6) is 0 Å². The normalized spacial score (nSPS) is 13.7. The van der Waals surface area contributed by atoms with E-state index in [1.54, 1.807) is 0 Å². The van der Waals surface area contributed by atoms with E-state index < -0.39 is 47.4 Å². The van der Waals surface area contributed by atoms with Crippen molar-refractivity contribution in [3.8, 4) is 22.3 Å². The Labute approximate surface area is 390 Å². The molecule has 4 aromatic carbocycles. The number of ether oxygens (including phenoxy) is 5. The van der Waals surface area contributed by atoms with Crippen LogP contribution in [0.15, 0.2) is 122 Å². The van der Waals surface area contributed by atoms with Crippen LogP contribution in [0.1, 0.15) is 60.8 Å². The number of fused-ring (bicyclic) bond motifs is 6. The predicted octanol–water partition coefficient (Wildman–Crippen LogP) is 8.11. The summed E-state index contributed by atoms with van der Waals surface area (Å²) < 4.78 is 25.8. The molecule has 0 heterocycles. The quantitative estimate of drug-likeness (QED) is 0.0493. The highest BCUT2D eigenvalue weighted by atomic mass is 16.6. The number of carbonyl (C=O) groups is 6. The lowest BCUT2D eigenvalue weighted by Gasteiger charge is -2.29. The van der Waals surface area contributed by atoms with Crippen molar-refractivity contribution >= 4 is 36.3 Å². The minimum Gasteiger partial charge on any atom is -0.480 e. The summed E-state index contributed by atoms with van der Waals surface area (Å²) in [6, 6.07) is 31.9. The minimum atomic E-state index is -1.63. The van der Waals surface area contributed by atoms with Gasteiger partial charge in [-0.25, -0.2) is 28.8 Å². The maximum absolute atomic E-state index is 12.7. The SMILES string of the molecule is C=CCOC(=O)N(C)CC[C@](C)(NC(=O)OCC1c2ccccc2-c2ccccc21)C(=O)O.C=CCOC(=O)N(C)CC[C@](C)(NC(=O)OCC1c2ccccc2-c2ccccc21)C(=O)OC. The molecule has 16 nitrogen and oxygen atoms in total. The van der Waals surface area contributed by atoms with Gasteiger partial charge in [-0.1, -0.05) is 122 Å². The zero-order valence-corrected chi connectivity index (χ0v) is 38.5. The molecule has 3 N–H and O–H groups in total. The second kappa shape index (κ2) is 23.0. The molecule has 16 heteroatoms. The summed E-state index contributed by atoms with van der Waals surface area (Å²) in [5, 5.41) is 14.8. The predicted molar refractivity (Wildman–Crippen MR) is 250 cm³/mol. The molecular formula is C51H58N4O12. The van der Waals surface area contributed by atoms with E-state index >= 15 is 0 Å². The molecule has 4 amide bonds. The van der Waals surface area contributed by atoms with Crippen molar-refractivity contribution in [2.24, 2.45) is 0 Å². The lowest BCUT2D eigenvalue weighted by atomic mass is 9.97. The first-order valence-corrected chi connectivity index (χ1v) is 21.6. The molecule has 0 unspecified atom stereocenters. The van der Waals surface area contributed by atoms with Gasteiger partial charge in [0.1, 0.15) is 37.5 Å². The third-order valence-corrected chi connectivity index (χ3v) is 11.7. The summed E-state index contributed by atoms with van der Waals surface area (Å²) in [7, 11) is 4.26. The van der Waals surface area contributed by atoms with Gasteiger partial charge in [-0.15, -0.1) is 0 Å². The van der Waals surface area contributed by atoms with Crippen LogP contribution in [0.2, 0.25) is 0 Å². The molecule has 0 bridgehead atoms. The van der Waals surface area contributed by atoms with Crippen LogP contribution in [-0.4, -0.2) is 123 Å². The number of methoxy groups -OCH3 is 1. The molecule has 0 aromatic heterocycles. The molecule has 0 saturated heterocycles. The fraction of sp³-hybridized carbons (Fsp3) is 0.333. The smallest absolute Gasteiger partial charge is 0.409 e. The van der Waals surface area contributed by atoms with Crippen LogP contribution >= 0.6 is 0 Å².